The van der Waals surface area contributed by atoms with Crippen LogP contribution >= 0.6 is 0 Å². The zero-order chi connectivity index (χ0) is 15.5. The molecule has 3 aromatic rings. The fourth-order valence-corrected chi connectivity index (χ4v) is 2.34. The minimum atomic E-state index is -0.350. The van der Waals surface area contributed by atoms with Gasteiger partial charge in [0.15, 0.2) is 0 Å². The average Bonchev–Trinajstić information content (AvgIpc) is 2.98. The Morgan fingerprint density at radius 1 is 1.23 bits per heavy atom. The number of hydrogen-bond donors (Lipinski definition) is 1. The molecule has 0 atom stereocenters. The fraction of sp³-hybridized carbons (Fsp3) is 0.118. The van der Waals surface area contributed by atoms with Gasteiger partial charge in [-0.3, -0.25) is 14.6 Å². The molecule has 1 N–H and O–H groups in total. The predicted octanol–water partition coefficient (Wildman–Crippen LogP) is 2.51. The van der Waals surface area contributed by atoms with Crippen LogP contribution in [0.1, 0.15) is 21.6 Å². The molecule has 0 spiro atoms. The summed E-state index contributed by atoms with van der Waals surface area (Å²) < 4.78 is 4.64. The zero-order valence-electron chi connectivity index (χ0n) is 12.0. The summed E-state index contributed by atoms with van der Waals surface area (Å²) in [5.74, 6) is -0.527. The molecular weight excluding hydrogens is 280 g/mol. The van der Waals surface area contributed by atoms with Crippen LogP contribution in [0.4, 0.5) is 0 Å². The van der Waals surface area contributed by atoms with Crippen LogP contribution in [0.2, 0.25) is 0 Å². The van der Waals surface area contributed by atoms with E-state index in [1.54, 1.807) is 18.3 Å². The van der Waals surface area contributed by atoms with E-state index in [0.717, 1.165) is 10.9 Å². The van der Waals surface area contributed by atoms with E-state index in [0.29, 0.717) is 16.8 Å². The number of nitrogens with one attached hydrogen (secondary N) is 1. The molecule has 0 aliphatic carbocycles. The van der Waals surface area contributed by atoms with Gasteiger partial charge in [-0.05, 0) is 23.8 Å². The second-order valence-corrected chi connectivity index (χ2v) is 4.88. The van der Waals surface area contributed by atoms with E-state index in [9.17, 15) is 9.59 Å². The first-order valence-electron chi connectivity index (χ1n) is 6.81. The molecule has 0 saturated heterocycles. The highest BCUT2D eigenvalue weighted by molar-refractivity contribution is 6.15. The number of carbonyl (C=O) groups excluding carboxylic acids is 2. The Kier molecular flexibility index (Phi) is 3.70. The number of pyridine rings is 1. The van der Waals surface area contributed by atoms with Crippen molar-refractivity contribution in [2.75, 3.05) is 7.11 Å². The molecule has 0 radical (unpaired) electrons. The normalized spacial score (nSPS) is 10.6. The van der Waals surface area contributed by atoms with Gasteiger partial charge < -0.3 is 9.72 Å². The molecule has 22 heavy (non-hydrogen) atoms. The summed E-state index contributed by atoms with van der Waals surface area (Å²) >= 11 is 0. The largest absolute Gasteiger partial charge is 0.469 e. The summed E-state index contributed by atoms with van der Waals surface area (Å²) in [6, 6.07) is 10.9. The third kappa shape index (κ3) is 2.61. The minimum Gasteiger partial charge on any atom is -0.469 e. The quantitative estimate of drug-likeness (QED) is 0.593. The van der Waals surface area contributed by atoms with Crippen molar-refractivity contribution >= 4 is 22.7 Å². The summed E-state index contributed by atoms with van der Waals surface area (Å²) in [5.41, 5.74) is 2.48. The maximum atomic E-state index is 12.6. The highest BCUT2D eigenvalue weighted by Gasteiger charge is 2.16. The van der Waals surface area contributed by atoms with Gasteiger partial charge in [0, 0.05) is 28.9 Å². The van der Waals surface area contributed by atoms with Crippen molar-refractivity contribution in [3.63, 3.8) is 0 Å². The number of hydrogen-bond acceptors (Lipinski definition) is 4. The van der Waals surface area contributed by atoms with E-state index >= 15 is 0 Å². The number of fused-ring (bicyclic) bond motifs is 1. The van der Waals surface area contributed by atoms with Crippen molar-refractivity contribution < 1.29 is 14.3 Å². The number of methoxy groups -OCH3 is 1. The average molecular weight is 294 g/mol. The first-order valence-corrected chi connectivity index (χ1v) is 6.81. The van der Waals surface area contributed by atoms with E-state index in [1.807, 2.05) is 24.3 Å². The van der Waals surface area contributed by atoms with E-state index in [4.69, 9.17) is 0 Å². The summed E-state index contributed by atoms with van der Waals surface area (Å²) in [7, 11) is 1.33. The van der Waals surface area contributed by atoms with Gasteiger partial charge in [-0.1, -0.05) is 18.2 Å². The summed E-state index contributed by atoms with van der Waals surface area (Å²) in [6.07, 6.45) is 3.33. The number of aromatic amines is 1. The molecule has 0 amide bonds. The van der Waals surface area contributed by atoms with Gasteiger partial charge in [-0.2, -0.15) is 0 Å². The number of para-hydroxylation sites is 1. The lowest BCUT2D eigenvalue weighted by Gasteiger charge is -2.03. The Balaban J connectivity index is 1.95. The lowest BCUT2D eigenvalue weighted by atomic mass is 10.0. The third-order valence-electron chi connectivity index (χ3n) is 3.47. The number of rotatable bonds is 4. The number of aromatic nitrogens is 2. The van der Waals surface area contributed by atoms with Crippen molar-refractivity contribution in [3.05, 3.63) is 65.6 Å². The maximum absolute atomic E-state index is 12.6. The van der Waals surface area contributed by atoms with Crippen LogP contribution in [-0.4, -0.2) is 28.8 Å². The van der Waals surface area contributed by atoms with Crippen molar-refractivity contribution in [1.29, 1.82) is 0 Å². The van der Waals surface area contributed by atoms with Gasteiger partial charge >= 0.3 is 5.97 Å². The third-order valence-corrected chi connectivity index (χ3v) is 3.47. The number of carbonyl (C=O) groups is 2. The highest BCUT2D eigenvalue weighted by Crippen LogP contribution is 2.20. The first kappa shape index (κ1) is 14.0. The van der Waals surface area contributed by atoms with Crippen LogP contribution in [0.25, 0.3) is 10.9 Å². The van der Waals surface area contributed by atoms with E-state index in [-0.39, 0.29) is 18.2 Å². The minimum absolute atomic E-state index is 0.118. The molecular formula is C17H14N2O3. The Hall–Kier alpha value is -2.95. The van der Waals surface area contributed by atoms with Crippen LogP contribution in [0.5, 0.6) is 0 Å². The molecule has 0 unspecified atom stereocenters. The molecule has 1 aromatic carbocycles. The van der Waals surface area contributed by atoms with Crippen molar-refractivity contribution in [2.45, 2.75) is 6.42 Å². The van der Waals surface area contributed by atoms with Gasteiger partial charge in [-0.25, -0.2) is 0 Å². The Bertz CT molecular complexity index is 852. The Labute approximate surface area is 126 Å². The number of benzene rings is 1. The standard InChI is InChI=1S/C17H14N2O3/c1-22-16(20)9-11-6-7-18-15(8-11)17(21)13-10-19-14-5-3-2-4-12(13)14/h2-8,10,19H,9H2,1H3. The van der Waals surface area contributed by atoms with Crippen LogP contribution in [-0.2, 0) is 16.0 Å². The smallest absolute Gasteiger partial charge is 0.309 e. The summed E-state index contributed by atoms with van der Waals surface area (Å²) in [4.78, 5) is 31.2. The number of H-pyrrole nitrogens is 1. The number of nitrogens with zero attached hydrogens (tertiary/aromatic N) is 1. The van der Waals surface area contributed by atoms with Gasteiger partial charge in [0.2, 0.25) is 5.78 Å². The number of ether oxygens (including phenoxy) is 1. The van der Waals surface area contributed by atoms with Gasteiger partial charge in [-0.15, -0.1) is 0 Å². The van der Waals surface area contributed by atoms with E-state index in [2.05, 4.69) is 14.7 Å². The molecule has 5 heteroatoms. The number of esters is 1. The highest BCUT2D eigenvalue weighted by atomic mass is 16.5. The second kappa shape index (κ2) is 5.81. The van der Waals surface area contributed by atoms with Gasteiger partial charge in [0.25, 0.3) is 0 Å². The molecule has 5 nitrogen and oxygen atoms in total. The Morgan fingerprint density at radius 2 is 2.05 bits per heavy atom. The molecule has 0 saturated carbocycles. The van der Waals surface area contributed by atoms with Gasteiger partial charge in [0.1, 0.15) is 5.69 Å². The molecule has 0 bridgehead atoms. The zero-order valence-corrected chi connectivity index (χ0v) is 12.0. The fourth-order valence-electron chi connectivity index (χ4n) is 2.34. The topological polar surface area (TPSA) is 72.0 Å². The predicted molar refractivity (Wildman–Crippen MR) is 81.7 cm³/mol. The SMILES string of the molecule is COC(=O)Cc1ccnc(C(=O)c2c[nH]c3ccccc23)c1. The molecule has 2 heterocycles. The summed E-state index contributed by atoms with van der Waals surface area (Å²) in [6.45, 7) is 0. The van der Waals surface area contributed by atoms with Crippen molar-refractivity contribution in [3.8, 4) is 0 Å². The van der Waals surface area contributed by atoms with Crippen molar-refractivity contribution in [1.82, 2.24) is 9.97 Å². The van der Waals surface area contributed by atoms with Crippen LogP contribution in [0.15, 0.2) is 48.8 Å². The lowest BCUT2D eigenvalue weighted by molar-refractivity contribution is -0.139. The Morgan fingerprint density at radius 3 is 2.86 bits per heavy atom. The van der Waals surface area contributed by atoms with Crippen LogP contribution in [0.3, 0.4) is 0 Å². The maximum Gasteiger partial charge on any atom is 0.309 e. The molecule has 0 fully saturated rings. The second-order valence-electron chi connectivity index (χ2n) is 4.88. The molecule has 110 valence electrons. The first-order chi connectivity index (χ1) is 10.7. The summed E-state index contributed by atoms with van der Waals surface area (Å²) in [5, 5.41) is 0.854. The van der Waals surface area contributed by atoms with Crippen LogP contribution < -0.4 is 0 Å². The molecule has 0 aliphatic rings. The van der Waals surface area contributed by atoms with Crippen LogP contribution in [0, 0.1) is 0 Å². The number of ketones is 1. The van der Waals surface area contributed by atoms with Gasteiger partial charge in [0.05, 0.1) is 13.5 Å². The molecule has 3 rings (SSSR count). The van der Waals surface area contributed by atoms with E-state index in [1.165, 1.54) is 13.3 Å². The van der Waals surface area contributed by atoms with Crippen molar-refractivity contribution in [2.24, 2.45) is 0 Å². The molecule has 0 aliphatic heterocycles. The molecule has 2 aromatic heterocycles. The monoisotopic (exact) mass is 294 g/mol. The van der Waals surface area contributed by atoms with E-state index < -0.39 is 0 Å². The lowest BCUT2D eigenvalue weighted by Crippen LogP contribution is -2.08.